The summed E-state index contributed by atoms with van der Waals surface area (Å²) in [5, 5.41) is 44.3. The fraction of sp³-hybridized carbons (Fsp3) is 0.478. The molecule has 1 aromatic carbocycles. The number of phenolic OH excluding ortho intramolecular Hbond substituents is 1. The van der Waals surface area contributed by atoms with Crippen LogP contribution in [0.25, 0.3) is 0 Å². The third kappa shape index (κ3) is 3.17. The fourth-order valence-electron chi connectivity index (χ4n) is 5.95. The second kappa shape index (κ2) is 8.11. The normalized spacial score (nSPS) is 32.9. The highest BCUT2D eigenvalue weighted by molar-refractivity contribution is 14.1. The van der Waals surface area contributed by atoms with Gasteiger partial charge in [-0.1, -0.05) is 0 Å². The molecule has 4 rings (SSSR count). The minimum Gasteiger partial charge on any atom is -0.508 e. The fourth-order valence-corrected chi connectivity index (χ4v) is 6.54. The van der Waals surface area contributed by atoms with E-state index in [4.69, 9.17) is 5.73 Å². The van der Waals surface area contributed by atoms with Crippen LogP contribution in [0.3, 0.4) is 0 Å². The summed E-state index contributed by atoms with van der Waals surface area (Å²) in [6.07, 6.45) is -1.44. The van der Waals surface area contributed by atoms with Gasteiger partial charge in [-0.2, -0.15) is 0 Å². The number of ketones is 3. The van der Waals surface area contributed by atoms with Crippen LogP contribution in [-0.4, -0.2) is 80.4 Å². The van der Waals surface area contributed by atoms with Gasteiger partial charge in [0.2, 0.25) is 5.91 Å². The van der Waals surface area contributed by atoms with Crippen LogP contribution in [0.1, 0.15) is 39.6 Å². The van der Waals surface area contributed by atoms with Crippen molar-refractivity contribution in [3.8, 4) is 5.75 Å². The van der Waals surface area contributed by atoms with E-state index in [1.165, 1.54) is 17.9 Å². The number of carbonyl (C=O) groups excluding carboxylic acids is 4. The summed E-state index contributed by atoms with van der Waals surface area (Å²) in [6, 6.07) is 0.546. The number of fused-ring (bicyclic) bond motifs is 3. The van der Waals surface area contributed by atoms with Crippen molar-refractivity contribution in [3.63, 3.8) is 0 Å². The van der Waals surface area contributed by atoms with E-state index in [0.29, 0.717) is 5.56 Å². The number of hydrogen-bond donors (Lipinski definition) is 5. The molecule has 0 radical (unpaired) electrons. The van der Waals surface area contributed by atoms with Gasteiger partial charge < -0.3 is 31.1 Å². The van der Waals surface area contributed by atoms with Crippen LogP contribution in [0.2, 0.25) is 0 Å². The standard InChI is InChI=1S/C23H25IN2O8/c1-7(27)9-6-12(24)17(28)14-10(9)4-8-5-11-16(26(2)3)19(30)15(22(25)33)21(32)23(11,34)20(31)13(8)18(14)29/h6,8,11,15-16,19,28,30-31,34H,4-5H2,1-3H3,(H2,25,33)/t8-,11-,15?,16-,19+,23-/m0/s1. The number of benzene rings is 1. The largest absolute Gasteiger partial charge is 0.508 e. The van der Waals surface area contributed by atoms with Crippen molar-refractivity contribution in [2.45, 2.75) is 37.5 Å². The highest BCUT2D eigenvalue weighted by atomic mass is 127. The Kier molecular flexibility index (Phi) is 5.91. The number of amides is 1. The van der Waals surface area contributed by atoms with E-state index in [-0.39, 0.29) is 44.6 Å². The van der Waals surface area contributed by atoms with Gasteiger partial charge in [0.05, 0.1) is 15.2 Å². The molecule has 0 bridgehead atoms. The van der Waals surface area contributed by atoms with E-state index in [9.17, 15) is 39.6 Å². The lowest BCUT2D eigenvalue weighted by Crippen LogP contribution is -2.71. The number of aliphatic hydroxyl groups excluding tert-OH is 2. The highest BCUT2D eigenvalue weighted by Crippen LogP contribution is 2.53. The van der Waals surface area contributed by atoms with Gasteiger partial charge in [-0.05, 0) is 74.0 Å². The van der Waals surface area contributed by atoms with Gasteiger partial charge in [0, 0.05) is 23.1 Å². The summed E-state index contributed by atoms with van der Waals surface area (Å²) >= 11 is 1.79. The van der Waals surface area contributed by atoms with Crippen LogP contribution in [0, 0.1) is 21.3 Å². The van der Waals surface area contributed by atoms with Crippen molar-refractivity contribution in [2.24, 2.45) is 23.5 Å². The zero-order valence-corrected chi connectivity index (χ0v) is 20.9. The number of aliphatic hydroxyl groups is 3. The third-order valence-electron chi connectivity index (χ3n) is 7.43. The van der Waals surface area contributed by atoms with Gasteiger partial charge in [-0.25, -0.2) is 0 Å². The summed E-state index contributed by atoms with van der Waals surface area (Å²) in [7, 11) is 3.18. The van der Waals surface area contributed by atoms with Gasteiger partial charge in [0.15, 0.2) is 23.0 Å². The molecule has 6 N–H and O–H groups in total. The number of aromatic hydroxyl groups is 1. The van der Waals surface area contributed by atoms with Crippen LogP contribution in [-0.2, 0) is 16.0 Å². The van der Waals surface area contributed by atoms with Crippen LogP contribution >= 0.6 is 22.6 Å². The Hall–Kier alpha value is -2.35. The van der Waals surface area contributed by atoms with Gasteiger partial charge in [-0.15, -0.1) is 0 Å². The molecule has 0 aliphatic heterocycles. The summed E-state index contributed by atoms with van der Waals surface area (Å²) in [6.45, 7) is 1.35. The van der Waals surface area contributed by atoms with Gasteiger partial charge in [0.1, 0.15) is 17.4 Å². The van der Waals surface area contributed by atoms with E-state index in [1.54, 1.807) is 36.7 Å². The Labute approximate surface area is 208 Å². The Morgan fingerprint density at radius 2 is 1.85 bits per heavy atom. The van der Waals surface area contributed by atoms with Gasteiger partial charge in [-0.3, -0.25) is 19.2 Å². The van der Waals surface area contributed by atoms with Crippen LogP contribution in [0.4, 0.5) is 0 Å². The molecular formula is C23H25IN2O8. The molecule has 1 unspecified atom stereocenters. The maximum atomic E-state index is 13.6. The smallest absolute Gasteiger partial charge is 0.230 e. The molecule has 3 aliphatic carbocycles. The Bertz CT molecular complexity index is 1190. The molecule has 0 saturated heterocycles. The maximum absolute atomic E-state index is 13.6. The molecule has 182 valence electrons. The molecule has 1 fully saturated rings. The van der Waals surface area contributed by atoms with Crippen LogP contribution in [0.5, 0.6) is 5.75 Å². The Balaban J connectivity index is 1.98. The van der Waals surface area contributed by atoms with E-state index < -0.39 is 58.7 Å². The highest BCUT2D eigenvalue weighted by Gasteiger charge is 2.66. The number of carbonyl (C=O) groups is 4. The van der Waals surface area contributed by atoms with Crippen molar-refractivity contribution in [3.05, 3.63) is 37.7 Å². The third-order valence-corrected chi connectivity index (χ3v) is 8.25. The van der Waals surface area contributed by atoms with Crippen molar-refractivity contribution in [1.82, 2.24) is 4.90 Å². The molecular weight excluding hydrogens is 559 g/mol. The van der Waals surface area contributed by atoms with Crippen molar-refractivity contribution in [1.29, 1.82) is 0 Å². The lowest BCUT2D eigenvalue weighted by molar-refractivity contribution is -0.178. The number of phenols is 1. The number of halogens is 1. The van der Waals surface area contributed by atoms with E-state index in [1.807, 2.05) is 0 Å². The zero-order valence-electron chi connectivity index (χ0n) is 18.7. The molecule has 11 heteroatoms. The number of nitrogens with two attached hydrogens (primary N) is 1. The predicted octanol–water partition coefficient (Wildman–Crippen LogP) is 0.0928. The molecule has 0 heterocycles. The first-order chi connectivity index (χ1) is 15.7. The number of primary amides is 1. The number of allylic oxidation sites excluding steroid dienone is 1. The number of nitrogens with zero attached hydrogens (tertiary/aromatic N) is 1. The quantitative estimate of drug-likeness (QED) is 0.187. The molecule has 0 spiro atoms. The summed E-state index contributed by atoms with van der Waals surface area (Å²) < 4.78 is 0.263. The van der Waals surface area contributed by atoms with Gasteiger partial charge >= 0.3 is 0 Å². The van der Waals surface area contributed by atoms with Crippen molar-refractivity contribution < 1.29 is 39.6 Å². The Morgan fingerprint density at radius 3 is 2.38 bits per heavy atom. The maximum Gasteiger partial charge on any atom is 0.230 e. The summed E-state index contributed by atoms with van der Waals surface area (Å²) in [5.74, 6) is -8.25. The summed E-state index contributed by atoms with van der Waals surface area (Å²) in [4.78, 5) is 52.7. The van der Waals surface area contributed by atoms with Crippen LogP contribution in [0.15, 0.2) is 17.4 Å². The zero-order chi connectivity index (χ0) is 25.4. The van der Waals surface area contributed by atoms with E-state index >= 15 is 0 Å². The molecule has 3 aliphatic rings. The average Bonchev–Trinajstić information content (AvgIpc) is 2.72. The first kappa shape index (κ1) is 24.8. The van der Waals surface area contributed by atoms with E-state index in [2.05, 4.69) is 0 Å². The number of likely N-dealkylation sites (N-methyl/N-ethyl adjacent to an activating group) is 1. The topological polar surface area (TPSA) is 178 Å². The molecule has 34 heavy (non-hydrogen) atoms. The van der Waals surface area contributed by atoms with E-state index in [0.717, 1.165) is 0 Å². The summed E-state index contributed by atoms with van der Waals surface area (Å²) in [5.41, 5.74) is 2.93. The molecule has 1 amide bonds. The number of Topliss-reactive ketones (excluding diaryl/α,β-unsaturated/α-hetero) is 3. The van der Waals surface area contributed by atoms with Crippen molar-refractivity contribution in [2.75, 3.05) is 14.1 Å². The molecule has 10 nitrogen and oxygen atoms in total. The minimum atomic E-state index is -2.63. The van der Waals surface area contributed by atoms with Crippen LogP contribution < -0.4 is 5.73 Å². The molecule has 6 atom stereocenters. The second-order valence-corrected chi connectivity index (χ2v) is 10.6. The minimum absolute atomic E-state index is 0.00228. The number of rotatable bonds is 3. The first-order valence-corrected chi connectivity index (χ1v) is 11.8. The molecule has 1 saturated carbocycles. The lowest BCUT2D eigenvalue weighted by Gasteiger charge is -2.53. The molecule has 1 aromatic rings. The second-order valence-electron chi connectivity index (χ2n) is 9.45. The predicted molar refractivity (Wildman–Crippen MR) is 126 cm³/mol. The lowest BCUT2D eigenvalue weighted by atomic mass is 9.56. The Morgan fingerprint density at radius 1 is 1.24 bits per heavy atom. The average molecular weight is 584 g/mol. The van der Waals surface area contributed by atoms with Crippen molar-refractivity contribution >= 4 is 45.8 Å². The van der Waals surface area contributed by atoms with Gasteiger partial charge in [0.25, 0.3) is 0 Å². The number of hydrogen-bond acceptors (Lipinski definition) is 9. The SMILES string of the molecule is CC(=O)c1cc(I)c(O)c2c1C[C@H]1C[C@H]3[C@H](N(C)C)[C@H](O)C(C(N)=O)C(=O)[C@@]3(O)C(O)=C1C2=O. The molecule has 0 aromatic heterocycles. The monoisotopic (exact) mass is 584 g/mol. The first-order valence-electron chi connectivity index (χ1n) is 10.7.